The van der Waals surface area contributed by atoms with Crippen molar-refractivity contribution in [2.45, 2.75) is 42.1 Å². The Labute approximate surface area is 93.6 Å². The average molecular weight is 222 g/mol. The zero-order valence-corrected chi connectivity index (χ0v) is 9.73. The minimum Gasteiger partial charge on any atom is -0.476 e. The summed E-state index contributed by atoms with van der Waals surface area (Å²) in [4.78, 5) is 1.00. The summed E-state index contributed by atoms with van der Waals surface area (Å²) in [6.45, 7) is 4.12. The summed E-state index contributed by atoms with van der Waals surface area (Å²) < 4.78 is 5.81. The summed E-state index contributed by atoms with van der Waals surface area (Å²) in [6.07, 6.45) is 1.75. The second-order valence-corrected chi connectivity index (χ2v) is 6.42. The average Bonchev–Trinajstić information content (AvgIpc) is 2.78. The lowest BCUT2D eigenvalue weighted by atomic mass is 10.1. The van der Waals surface area contributed by atoms with E-state index in [4.69, 9.17) is 4.74 Å². The van der Waals surface area contributed by atoms with E-state index in [0.29, 0.717) is 0 Å². The van der Waals surface area contributed by atoms with Gasteiger partial charge in [0, 0.05) is 0 Å². The molecule has 0 atom stereocenters. The van der Waals surface area contributed by atoms with Gasteiger partial charge >= 0.3 is 0 Å². The minimum absolute atomic E-state index is 0.173. The Kier molecular flexibility index (Phi) is 1.73. The number of ether oxygens (including phenoxy) is 1. The van der Waals surface area contributed by atoms with E-state index >= 15 is 0 Å². The van der Waals surface area contributed by atoms with Crippen molar-refractivity contribution in [2.24, 2.45) is 0 Å². The van der Waals surface area contributed by atoms with Gasteiger partial charge in [-0.2, -0.15) is 0 Å². The minimum atomic E-state index is -0.560. The standard InChI is InChI=1S/C12H14O2S/c1-11(2)14-9-7-8(12(13)5-6-12)3-4-10(9)15-11/h3-4,7,13H,5-6H2,1-2H3. The summed E-state index contributed by atoms with van der Waals surface area (Å²) in [6, 6.07) is 6.06. The molecule has 0 spiro atoms. The Morgan fingerprint density at radius 3 is 2.73 bits per heavy atom. The first kappa shape index (κ1) is 9.55. The molecule has 1 aromatic rings. The number of hydrogen-bond donors (Lipinski definition) is 1. The Balaban J connectivity index is 1.99. The van der Waals surface area contributed by atoms with Crippen molar-refractivity contribution in [1.29, 1.82) is 0 Å². The molecule has 0 amide bonds. The fraction of sp³-hybridized carbons (Fsp3) is 0.500. The number of benzene rings is 1. The number of fused-ring (bicyclic) bond motifs is 1. The van der Waals surface area contributed by atoms with Crippen LogP contribution in [0.3, 0.4) is 0 Å². The summed E-state index contributed by atoms with van der Waals surface area (Å²) in [5.74, 6) is 0.919. The fourth-order valence-electron chi connectivity index (χ4n) is 1.92. The summed E-state index contributed by atoms with van der Waals surface area (Å²) in [5.41, 5.74) is 0.440. The summed E-state index contributed by atoms with van der Waals surface area (Å²) >= 11 is 1.73. The molecule has 0 bridgehead atoms. The van der Waals surface area contributed by atoms with Crippen molar-refractivity contribution in [3.05, 3.63) is 23.8 Å². The monoisotopic (exact) mass is 222 g/mol. The van der Waals surface area contributed by atoms with Gasteiger partial charge in [-0.15, -0.1) is 0 Å². The van der Waals surface area contributed by atoms with Gasteiger partial charge in [0.15, 0.2) is 4.93 Å². The molecule has 1 N–H and O–H groups in total. The Morgan fingerprint density at radius 1 is 1.33 bits per heavy atom. The van der Waals surface area contributed by atoms with Gasteiger partial charge in [-0.1, -0.05) is 17.8 Å². The van der Waals surface area contributed by atoms with Crippen LogP contribution < -0.4 is 4.74 Å². The molecular weight excluding hydrogens is 208 g/mol. The lowest BCUT2D eigenvalue weighted by Gasteiger charge is -2.15. The quantitative estimate of drug-likeness (QED) is 0.792. The Morgan fingerprint density at radius 2 is 2.07 bits per heavy atom. The van der Waals surface area contributed by atoms with Crippen LogP contribution in [0.1, 0.15) is 32.3 Å². The molecule has 0 aromatic heterocycles. The molecule has 1 aliphatic heterocycles. The maximum atomic E-state index is 10.00. The third-order valence-corrected chi connectivity index (χ3v) is 4.05. The van der Waals surface area contributed by atoms with Crippen LogP contribution >= 0.6 is 11.8 Å². The maximum Gasteiger partial charge on any atom is 0.153 e. The van der Waals surface area contributed by atoms with E-state index < -0.39 is 5.60 Å². The normalized spacial score (nSPS) is 24.5. The van der Waals surface area contributed by atoms with Gasteiger partial charge in [0.2, 0.25) is 0 Å². The van der Waals surface area contributed by atoms with E-state index in [1.54, 1.807) is 11.8 Å². The zero-order valence-electron chi connectivity index (χ0n) is 8.91. The van der Waals surface area contributed by atoms with E-state index in [2.05, 4.69) is 19.9 Å². The maximum absolute atomic E-state index is 10.00. The fourth-order valence-corrected chi connectivity index (χ4v) is 2.92. The second kappa shape index (κ2) is 2.71. The highest BCUT2D eigenvalue weighted by Gasteiger charge is 2.43. The summed E-state index contributed by atoms with van der Waals surface area (Å²) in [5, 5.41) is 10.00. The second-order valence-electron chi connectivity index (χ2n) is 4.80. The van der Waals surface area contributed by atoms with Gasteiger partial charge in [0.1, 0.15) is 5.75 Å². The molecule has 1 aliphatic carbocycles. The third kappa shape index (κ3) is 1.54. The highest BCUT2D eigenvalue weighted by Crippen LogP contribution is 2.51. The van der Waals surface area contributed by atoms with Crippen molar-refractivity contribution >= 4 is 11.8 Å². The smallest absolute Gasteiger partial charge is 0.153 e. The molecular formula is C12H14O2S. The van der Waals surface area contributed by atoms with Crippen LogP contribution in [-0.2, 0) is 5.60 Å². The molecule has 0 saturated heterocycles. The van der Waals surface area contributed by atoms with E-state index in [-0.39, 0.29) is 4.93 Å². The van der Waals surface area contributed by atoms with Crippen LogP contribution in [0.15, 0.2) is 23.1 Å². The van der Waals surface area contributed by atoms with E-state index in [1.165, 1.54) is 4.90 Å². The van der Waals surface area contributed by atoms with Crippen molar-refractivity contribution in [3.8, 4) is 5.75 Å². The summed E-state index contributed by atoms with van der Waals surface area (Å²) in [7, 11) is 0. The van der Waals surface area contributed by atoms with Crippen molar-refractivity contribution in [2.75, 3.05) is 0 Å². The van der Waals surface area contributed by atoms with Crippen molar-refractivity contribution in [3.63, 3.8) is 0 Å². The van der Waals surface area contributed by atoms with Gasteiger partial charge in [0.25, 0.3) is 0 Å². The van der Waals surface area contributed by atoms with E-state index in [1.807, 2.05) is 12.1 Å². The first-order valence-electron chi connectivity index (χ1n) is 5.24. The predicted octanol–water partition coefficient (Wildman–Crippen LogP) is 2.89. The largest absolute Gasteiger partial charge is 0.476 e. The molecule has 15 heavy (non-hydrogen) atoms. The number of aliphatic hydroxyl groups is 1. The number of thioether (sulfide) groups is 1. The predicted molar refractivity (Wildman–Crippen MR) is 60.1 cm³/mol. The van der Waals surface area contributed by atoms with Gasteiger partial charge in [-0.05, 0) is 44.4 Å². The SMILES string of the molecule is CC1(C)Oc2cc(C3(O)CC3)ccc2S1. The Bertz CT molecular complexity index is 422. The molecule has 2 aliphatic rings. The molecule has 0 radical (unpaired) electrons. The molecule has 0 unspecified atom stereocenters. The van der Waals surface area contributed by atoms with Crippen LogP contribution in [0, 0.1) is 0 Å². The molecule has 1 saturated carbocycles. The number of hydrogen-bond acceptors (Lipinski definition) is 3. The van der Waals surface area contributed by atoms with Gasteiger partial charge in [-0.25, -0.2) is 0 Å². The highest BCUT2D eigenvalue weighted by atomic mass is 32.2. The molecule has 3 rings (SSSR count). The zero-order chi connectivity index (χ0) is 10.7. The first-order chi connectivity index (χ1) is 6.99. The van der Waals surface area contributed by atoms with Gasteiger partial charge in [-0.3, -0.25) is 0 Å². The lowest BCUT2D eigenvalue weighted by Crippen LogP contribution is -2.18. The van der Waals surface area contributed by atoms with Gasteiger partial charge < -0.3 is 9.84 Å². The lowest BCUT2D eigenvalue weighted by molar-refractivity contribution is 0.150. The van der Waals surface area contributed by atoms with Crippen LogP contribution in [0.2, 0.25) is 0 Å². The van der Waals surface area contributed by atoms with Crippen molar-refractivity contribution < 1.29 is 9.84 Å². The van der Waals surface area contributed by atoms with E-state index in [0.717, 1.165) is 24.2 Å². The molecule has 1 heterocycles. The molecule has 3 heteroatoms. The van der Waals surface area contributed by atoms with Crippen LogP contribution in [0.4, 0.5) is 0 Å². The van der Waals surface area contributed by atoms with Crippen LogP contribution in [0.5, 0.6) is 5.75 Å². The topological polar surface area (TPSA) is 29.5 Å². The number of rotatable bonds is 1. The molecule has 1 aromatic carbocycles. The van der Waals surface area contributed by atoms with E-state index in [9.17, 15) is 5.11 Å². The Hall–Kier alpha value is -0.670. The van der Waals surface area contributed by atoms with Gasteiger partial charge in [0.05, 0.1) is 10.5 Å². The first-order valence-corrected chi connectivity index (χ1v) is 6.05. The van der Waals surface area contributed by atoms with Crippen LogP contribution in [-0.4, -0.2) is 10.0 Å². The van der Waals surface area contributed by atoms with Crippen LogP contribution in [0.25, 0.3) is 0 Å². The molecule has 1 fully saturated rings. The van der Waals surface area contributed by atoms with Crippen molar-refractivity contribution in [1.82, 2.24) is 0 Å². The molecule has 80 valence electrons. The molecule has 2 nitrogen and oxygen atoms in total. The third-order valence-electron chi connectivity index (χ3n) is 2.92. The highest BCUT2D eigenvalue weighted by molar-refractivity contribution is 8.00.